The van der Waals surface area contributed by atoms with Gasteiger partial charge in [0.15, 0.2) is 0 Å². The molecule has 2 aromatic heterocycles. The smallest absolute Gasteiger partial charge is 0.307 e. The summed E-state index contributed by atoms with van der Waals surface area (Å²) in [6, 6.07) is 25.1. The lowest BCUT2D eigenvalue weighted by Crippen LogP contribution is -2.14. The molecule has 0 aliphatic rings. The Bertz CT molecular complexity index is 2300. The molecule has 0 saturated carbocycles. The molecule has 16 heteroatoms. The number of aryl methyl sites for hydroxylation is 3. The molecule has 0 bridgehead atoms. The average Bonchev–Trinajstić information content (AvgIpc) is 3.35. The molecule has 0 aliphatic heterocycles. The first-order valence-electron chi connectivity index (χ1n) is 15.1. The number of sulfonamides is 1. The predicted octanol–water partition coefficient (Wildman–Crippen LogP) is 7.92. The SMILES string of the molecule is Cc1ccc(Nc2nccc(N(C)c3ccc4c(C)n(C)nc4c3)n2)cc1S(N)(=O)=O.Cl.O=C(O)Cc1ccccc1Nc1c(Cl)cccc1Cl. The third-order valence-corrected chi connectivity index (χ3v) is 9.50. The zero-order chi connectivity index (χ0) is 36.2. The van der Waals surface area contributed by atoms with E-state index in [0.29, 0.717) is 50.0 Å². The van der Waals surface area contributed by atoms with Gasteiger partial charge in [-0.25, -0.2) is 18.5 Å². The van der Waals surface area contributed by atoms with E-state index in [9.17, 15) is 13.2 Å². The first-order chi connectivity index (χ1) is 23.7. The lowest BCUT2D eigenvalue weighted by Gasteiger charge is -2.19. The number of aliphatic carboxylic acids is 1. The number of hydrogen-bond acceptors (Lipinski definition) is 9. The minimum atomic E-state index is -3.82. The first-order valence-corrected chi connectivity index (χ1v) is 17.4. The molecule has 12 nitrogen and oxygen atoms in total. The quantitative estimate of drug-likeness (QED) is 0.113. The Morgan fingerprint density at radius 1 is 0.961 bits per heavy atom. The van der Waals surface area contributed by atoms with Gasteiger partial charge in [0, 0.05) is 48.4 Å². The minimum absolute atomic E-state index is 0. The molecular weight excluding hydrogens is 735 g/mol. The monoisotopic (exact) mass is 768 g/mol. The van der Waals surface area contributed by atoms with E-state index in [1.54, 1.807) is 67.7 Å². The van der Waals surface area contributed by atoms with Gasteiger partial charge < -0.3 is 20.6 Å². The van der Waals surface area contributed by atoms with E-state index in [4.69, 9.17) is 33.4 Å². The number of nitrogens with zero attached hydrogens (tertiary/aromatic N) is 5. The molecule has 0 amide bonds. The number of carboxylic acid groups (broad SMARTS) is 1. The van der Waals surface area contributed by atoms with Crippen LogP contribution in [0.2, 0.25) is 10.0 Å². The van der Waals surface area contributed by atoms with Crippen LogP contribution in [0.5, 0.6) is 0 Å². The number of halogens is 3. The molecule has 6 rings (SSSR count). The number of nitrogens with two attached hydrogens (primary N) is 1. The van der Waals surface area contributed by atoms with Crippen LogP contribution in [0.4, 0.5) is 34.5 Å². The van der Waals surface area contributed by atoms with Crippen molar-refractivity contribution in [2.24, 2.45) is 12.2 Å². The van der Waals surface area contributed by atoms with Crippen LogP contribution in [0.3, 0.4) is 0 Å². The van der Waals surface area contributed by atoms with Crippen LogP contribution in [-0.4, -0.2) is 46.3 Å². The van der Waals surface area contributed by atoms with E-state index in [1.807, 2.05) is 54.9 Å². The fourth-order valence-electron chi connectivity index (χ4n) is 5.08. The molecule has 0 saturated heterocycles. The summed E-state index contributed by atoms with van der Waals surface area (Å²) in [5.74, 6) is 0.117. The number of carbonyl (C=O) groups is 1. The van der Waals surface area contributed by atoms with E-state index >= 15 is 0 Å². The number of nitrogens with one attached hydrogen (secondary N) is 2. The standard InChI is InChI=1S/C21H23N7O2S.C14H11Cl2NO2.ClH/c1-13-5-6-15(11-19(13)31(22,29)30)24-21-23-10-9-20(25-21)27(3)16-7-8-17-14(2)28(4)26-18(17)12-16;15-10-5-3-6-11(16)14(10)17-12-7-2-1-4-9(12)8-13(18)19;/h5-12H,1-4H3,(H2,22,29,30)(H,23,24,25);1-7,17H,8H2,(H,18,19);1H. The summed E-state index contributed by atoms with van der Waals surface area (Å²) in [7, 11) is 0.0129. The van der Waals surface area contributed by atoms with Crippen molar-refractivity contribution < 1.29 is 18.3 Å². The molecule has 4 aromatic carbocycles. The van der Waals surface area contributed by atoms with Crippen molar-refractivity contribution >= 4 is 97.0 Å². The number of para-hydroxylation sites is 2. The van der Waals surface area contributed by atoms with Crippen molar-refractivity contribution in [3.05, 3.63) is 118 Å². The Kier molecular flexibility index (Phi) is 12.5. The van der Waals surface area contributed by atoms with Crippen LogP contribution < -0.4 is 20.7 Å². The van der Waals surface area contributed by atoms with Gasteiger partial charge in [0.1, 0.15) is 5.82 Å². The number of benzene rings is 4. The van der Waals surface area contributed by atoms with Crippen molar-refractivity contribution in [2.45, 2.75) is 25.2 Å². The predicted molar refractivity (Wildman–Crippen MR) is 206 cm³/mol. The van der Waals surface area contributed by atoms with E-state index in [2.05, 4.69) is 25.7 Å². The minimum Gasteiger partial charge on any atom is -0.481 e. The number of rotatable bonds is 9. The fourth-order valence-corrected chi connectivity index (χ4v) is 6.38. The molecule has 266 valence electrons. The molecule has 0 atom stereocenters. The lowest BCUT2D eigenvalue weighted by molar-refractivity contribution is -0.136. The van der Waals surface area contributed by atoms with Crippen LogP contribution in [0.15, 0.2) is 96.0 Å². The topological polar surface area (TPSA) is 168 Å². The molecule has 2 heterocycles. The molecule has 0 fully saturated rings. The van der Waals surface area contributed by atoms with E-state index in [1.165, 1.54) is 6.07 Å². The van der Waals surface area contributed by atoms with Gasteiger partial charge in [0.25, 0.3) is 0 Å². The molecule has 0 radical (unpaired) electrons. The Balaban J connectivity index is 0.000000251. The second kappa shape index (κ2) is 16.4. The zero-order valence-corrected chi connectivity index (χ0v) is 31.1. The van der Waals surface area contributed by atoms with Gasteiger partial charge in [-0.05, 0) is 79.6 Å². The third-order valence-electron chi connectivity index (χ3n) is 7.82. The summed E-state index contributed by atoms with van der Waals surface area (Å²) in [5.41, 5.74) is 5.97. The molecule has 0 spiro atoms. The highest BCUT2D eigenvalue weighted by Crippen LogP contribution is 2.34. The highest BCUT2D eigenvalue weighted by atomic mass is 35.5. The number of anilines is 6. The second-order valence-electron chi connectivity index (χ2n) is 11.3. The van der Waals surface area contributed by atoms with Crippen LogP contribution >= 0.6 is 35.6 Å². The summed E-state index contributed by atoms with van der Waals surface area (Å²) >= 11 is 12.1. The van der Waals surface area contributed by atoms with Crippen LogP contribution in [0.25, 0.3) is 10.9 Å². The maximum absolute atomic E-state index is 11.8. The van der Waals surface area contributed by atoms with Crippen molar-refractivity contribution in [3.63, 3.8) is 0 Å². The lowest BCUT2D eigenvalue weighted by atomic mass is 10.1. The zero-order valence-electron chi connectivity index (χ0n) is 27.9. The van der Waals surface area contributed by atoms with E-state index in [-0.39, 0.29) is 23.7 Å². The van der Waals surface area contributed by atoms with E-state index < -0.39 is 16.0 Å². The third kappa shape index (κ3) is 9.45. The van der Waals surface area contributed by atoms with Gasteiger partial charge in [0.05, 0.1) is 32.6 Å². The highest BCUT2D eigenvalue weighted by molar-refractivity contribution is 7.89. The molecule has 51 heavy (non-hydrogen) atoms. The molecule has 6 aromatic rings. The summed E-state index contributed by atoms with van der Waals surface area (Å²) < 4.78 is 25.4. The summed E-state index contributed by atoms with van der Waals surface area (Å²) in [6.45, 7) is 3.73. The molecule has 5 N–H and O–H groups in total. The summed E-state index contributed by atoms with van der Waals surface area (Å²) in [5, 5.41) is 26.9. The van der Waals surface area contributed by atoms with Crippen molar-refractivity contribution in [3.8, 4) is 0 Å². The van der Waals surface area contributed by atoms with Crippen LogP contribution in [-0.2, 0) is 28.3 Å². The first kappa shape index (κ1) is 38.9. The maximum Gasteiger partial charge on any atom is 0.307 e. The van der Waals surface area contributed by atoms with Gasteiger partial charge in [-0.1, -0.05) is 53.5 Å². The average molecular weight is 770 g/mol. The van der Waals surface area contributed by atoms with Crippen molar-refractivity contribution in [2.75, 3.05) is 22.6 Å². The van der Waals surface area contributed by atoms with Gasteiger partial charge in [-0.3, -0.25) is 9.48 Å². The largest absolute Gasteiger partial charge is 0.481 e. The Morgan fingerprint density at radius 2 is 1.67 bits per heavy atom. The second-order valence-corrected chi connectivity index (χ2v) is 13.7. The fraction of sp³-hybridized carbons (Fsp3) is 0.143. The highest BCUT2D eigenvalue weighted by Gasteiger charge is 2.15. The Hall–Kier alpha value is -4.92. The Morgan fingerprint density at radius 3 is 2.35 bits per heavy atom. The Labute approximate surface area is 311 Å². The number of aromatic nitrogens is 4. The number of primary sulfonamides is 1. The number of hydrogen-bond donors (Lipinski definition) is 4. The molecule has 0 unspecified atom stereocenters. The normalized spacial score (nSPS) is 10.9. The van der Waals surface area contributed by atoms with Crippen molar-refractivity contribution in [1.82, 2.24) is 19.7 Å². The van der Waals surface area contributed by atoms with Gasteiger partial charge in [-0.2, -0.15) is 10.1 Å². The van der Waals surface area contributed by atoms with E-state index in [0.717, 1.165) is 22.3 Å². The number of fused-ring (bicyclic) bond motifs is 1. The maximum atomic E-state index is 11.8. The van der Waals surface area contributed by atoms with Gasteiger partial charge in [0.2, 0.25) is 16.0 Å². The summed E-state index contributed by atoms with van der Waals surface area (Å²) in [6.07, 6.45) is 1.57. The van der Waals surface area contributed by atoms with Gasteiger partial charge >= 0.3 is 5.97 Å². The number of carboxylic acids is 1. The van der Waals surface area contributed by atoms with Gasteiger partial charge in [-0.15, -0.1) is 12.4 Å². The van der Waals surface area contributed by atoms with Crippen LogP contribution in [0.1, 0.15) is 16.8 Å². The molecular formula is C35H35Cl3N8O4S. The van der Waals surface area contributed by atoms with Crippen LogP contribution in [0, 0.1) is 13.8 Å². The summed E-state index contributed by atoms with van der Waals surface area (Å²) in [4.78, 5) is 21.6. The van der Waals surface area contributed by atoms with Crippen molar-refractivity contribution in [1.29, 1.82) is 0 Å². The molecule has 0 aliphatic carbocycles.